The molecular formula is C21H15N3O2S2. The van der Waals surface area contributed by atoms with Crippen molar-refractivity contribution in [1.29, 1.82) is 0 Å². The molecule has 0 N–H and O–H groups in total. The molecule has 5 rings (SSSR count). The molecule has 0 aliphatic carbocycles. The van der Waals surface area contributed by atoms with Crippen molar-refractivity contribution < 1.29 is 4.42 Å². The highest BCUT2D eigenvalue weighted by Gasteiger charge is 2.17. The SMILES string of the molecule is Cc1sc2ncn(Cc3coc(-c4cccs4)n3)c(=O)c2c1-c1ccccc1. The molecule has 0 atom stereocenters. The Bertz CT molecular complexity index is 1320. The highest BCUT2D eigenvalue weighted by molar-refractivity contribution is 7.19. The Morgan fingerprint density at radius 1 is 1.14 bits per heavy atom. The van der Waals surface area contributed by atoms with E-state index in [2.05, 4.69) is 9.97 Å². The molecule has 4 aromatic heterocycles. The second-order valence-electron chi connectivity index (χ2n) is 6.38. The van der Waals surface area contributed by atoms with Gasteiger partial charge in [0, 0.05) is 10.4 Å². The van der Waals surface area contributed by atoms with E-state index in [4.69, 9.17) is 4.42 Å². The number of benzene rings is 1. The van der Waals surface area contributed by atoms with Crippen LogP contribution in [0.1, 0.15) is 10.6 Å². The number of aryl methyl sites for hydroxylation is 1. The molecule has 28 heavy (non-hydrogen) atoms. The smallest absolute Gasteiger partial charge is 0.263 e. The summed E-state index contributed by atoms with van der Waals surface area (Å²) in [6.07, 6.45) is 3.19. The summed E-state index contributed by atoms with van der Waals surface area (Å²) in [5, 5.41) is 2.64. The third kappa shape index (κ3) is 2.89. The molecular weight excluding hydrogens is 390 g/mol. The topological polar surface area (TPSA) is 60.9 Å². The van der Waals surface area contributed by atoms with Gasteiger partial charge in [0.15, 0.2) is 0 Å². The zero-order chi connectivity index (χ0) is 19.1. The average Bonchev–Trinajstić information content (AvgIpc) is 3.44. The Morgan fingerprint density at radius 3 is 2.79 bits per heavy atom. The summed E-state index contributed by atoms with van der Waals surface area (Å²) in [4.78, 5) is 25.1. The first-order valence-electron chi connectivity index (χ1n) is 8.73. The maximum atomic E-state index is 13.2. The molecule has 138 valence electrons. The van der Waals surface area contributed by atoms with Gasteiger partial charge in [0.2, 0.25) is 5.89 Å². The van der Waals surface area contributed by atoms with E-state index in [1.54, 1.807) is 39.8 Å². The summed E-state index contributed by atoms with van der Waals surface area (Å²) in [7, 11) is 0. The normalized spacial score (nSPS) is 11.3. The number of fused-ring (bicyclic) bond motifs is 1. The maximum Gasteiger partial charge on any atom is 0.263 e. The Morgan fingerprint density at radius 2 is 2.00 bits per heavy atom. The van der Waals surface area contributed by atoms with E-state index < -0.39 is 0 Å². The van der Waals surface area contributed by atoms with Crippen LogP contribution in [-0.2, 0) is 6.54 Å². The molecule has 1 aromatic carbocycles. The monoisotopic (exact) mass is 405 g/mol. The minimum absolute atomic E-state index is 0.0612. The lowest BCUT2D eigenvalue weighted by Crippen LogP contribution is -2.21. The van der Waals surface area contributed by atoms with Gasteiger partial charge in [-0.3, -0.25) is 9.36 Å². The molecule has 0 bridgehead atoms. The van der Waals surface area contributed by atoms with Crippen LogP contribution in [-0.4, -0.2) is 14.5 Å². The van der Waals surface area contributed by atoms with Crippen LogP contribution >= 0.6 is 22.7 Å². The van der Waals surface area contributed by atoms with E-state index in [0.29, 0.717) is 23.5 Å². The van der Waals surface area contributed by atoms with Crippen LogP contribution in [0.4, 0.5) is 0 Å². The van der Waals surface area contributed by atoms with Crippen LogP contribution in [0, 0.1) is 6.92 Å². The second kappa shape index (κ2) is 6.85. The molecule has 4 heterocycles. The minimum atomic E-state index is -0.0612. The van der Waals surface area contributed by atoms with E-state index in [-0.39, 0.29) is 5.56 Å². The Balaban J connectivity index is 1.58. The van der Waals surface area contributed by atoms with E-state index in [9.17, 15) is 4.79 Å². The first-order chi connectivity index (χ1) is 13.7. The van der Waals surface area contributed by atoms with Gasteiger partial charge in [-0.2, -0.15) is 0 Å². The number of thiophene rings is 2. The Labute approximate surface area is 168 Å². The third-order valence-corrected chi connectivity index (χ3v) is 6.40. The molecule has 0 unspecified atom stereocenters. The minimum Gasteiger partial charge on any atom is -0.443 e. The molecule has 7 heteroatoms. The number of nitrogens with zero attached hydrogens (tertiary/aromatic N) is 3. The lowest BCUT2D eigenvalue weighted by Gasteiger charge is -2.05. The molecule has 0 saturated carbocycles. The molecule has 0 radical (unpaired) electrons. The summed E-state index contributed by atoms with van der Waals surface area (Å²) >= 11 is 3.12. The van der Waals surface area contributed by atoms with Crippen LogP contribution < -0.4 is 5.56 Å². The van der Waals surface area contributed by atoms with Gasteiger partial charge in [-0.05, 0) is 23.9 Å². The number of oxazole rings is 1. The fraction of sp³-hybridized carbons (Fsp3) is 0.0952. The highest BCUT2D eigenvalue weighted by Crippen LogP contribution is 2.35. The van der Waals surface area contributed by atoms with Crippen LogP contribution in [0.25, 0.3) is 32.1 Å². The van der Waals surface area contributed by atoms with Crippen molar-refractivity contribution >= 4 is 32.9 Å². The van der Waals surface area contributed by atoms with Crippen molar-refractivity contribution in [2.45, 2.75) is 13.5 Å². The van der Waals surface area contributed by atoms with E-state index in [1.165, 1.54) is 0 Å². The van der Waals surface area contributed by atoms with Gasteiger partial charge in [0.1, 0.15) is 11.1 Å². The molecule has 5 nitrogen and oxygen atoms in total. The summed E-state index contributed by atoms with van der Waals surface area (Å²) in [6.45, 7) is 2.35. The van der Waals surface area contributed by atoms with Crippen LogP contribution in [0.3, 0.4) is 0 Å². The Kier molecular flexibility index (Phi) is 4.18. The van der Waals surface area contributed by atoms with E-state index >= 15 is 0 Å². The maximum absolute atomic E-state index is 13.2. The van der Waals surface area contributed by atoms with Crippen LogP contribution in [0.5, 0.6) is 0 Å². The average molecular weight is 406 g/mol. The van der Waals surface area contributed by atoms with E-state index in [1.807, 2.05) is 54.8 Å². The number of rotatable bonds is 4. The van der Waals surface area contributed by atoms with Gasteiger partial charge in [0.05, 0.1) is 28.8 Å². The van der Waals surface area contributed by atoms with Crippen molar-refractivity contribution in [2.24, 2.45) is 0 Å². The number of hydrogen-bond acceptors (Lipinski definition) is 6. The lowest BCUT2D eigenvalue weighted by molar-refractivity contribution is 0.572. The summed E-state index contributed by atoms with van der Waals surface area (Å²) < 4.78 is 7.17. The van der Waals surface area contributed by atoms with Crippen molar-refractivity contribution in [3.63, 3.8) is 0 Å². The molecule has 5 aromatic rings. The molecule has 0 spiro atoms. The van der Waals surface area contributed by atoms with E-state index in [0.717, 1.165) is 25.7 Å². The zero-order valence-corrected chi connectivity index (χ0v) is 16.6. The molecule has 0 aliphatic rings. The number of aromatic nitrogens is 3. The molecule has 0 aliphatic heterocycles. The summed E-state index contributed by atoms with van der Waals surface area (Å²) in [5.41, 5.74) is 2.63. The van der Waals surface area contributed by atoms with Gasteiger partial charge in [-0.15, -0.1) is 22.7 Å². The fourth-order valence-electron chi connectivity index (χ4n) is 3.27. The first kappa shape index (κ1) is 17.1. The quantitative estimate of drug-likeness (QED) is 0.412. The predicted octanol–water partition coefficient (Wildman–Crippen LogP) is 5.20. The van der Waals surface area contributed by atoms with Gasteiger partial charge < -0.3 is 4.42 Å². The third-order valence-electron chi connectivity index (χ3n) is 4.53. The van der Waals surface area contributed by atoms with Gasteiger partial charge >= 0.3 is 0 Å². The Hall–Kier alpha value is -3.03. The van der Waals surface area contributed by atoms with Gasteiger partial charge in [0.25, 0.3) is 5.56 Å². The standard InChI is InChI=1S/C21H15N3O2S2/c1-13-17(14-6-3-2-4-7-14)18-20(28-13)22-12-24(21(18)25)10-15-11-26-19(23-15)16-8-5-9-27-16/h2-9,11-12H,10H2,1H3. The zero-order valence-electron chi connectivity index (χ0n) is 15.0. The van der Waals surface area contributed by atoms with Gasteiger partial charge in [-0.25, -0.2) is 9.97 Å². The van der Waals surface area contributed by atoms with Crippen LogP contribution in [0.15, 0.2) is 69.6 Å². The highest BCUT2D eigenvalue weighted by atomic mass is 32.1. The summed E-state index contributed by atoms with van der Waals surface area (Å²) in [5.74, 6) is 0.573. The van der Waals surface area contributed by atoms with Crippen LogP contribution in [0.2, 0.25) is 0 Å². The summed E-state index contributed by atoms with van der Waals surface area (Å²) in [6, 6.07) is 13.9. The molecule has 0 amide bonds. The molecule has 0 saturated heterocycles. The van der Waals surface area contributed by atoms with Crippen molar-refractivity contribution in [1.82, 2.24) is 14.5 Å². The fourth-order valence-corrected chi connectivity index (χ4v) is 4.93. The van der Waals surface area contributed by atoms with Crippen molar-refractivity contribution in [3.05, 3.63) is 81.4 Å². The van der Waals surface area contributed by atoms with Crippen molar-refractivity contribution in [2.75, 3.05) is 0 Å². The molecule has 0 fully saturated rings. The van der Waals surface area contributed by atoms with Gasteiger partial charge in [-0.1, -0.05) is 36.4 Å². The first-order valence-corrected chi connectivity index (χ1v) is 10.4. The lowest BCUT2D eigenvalue weighted by atomic mass is 10.0. The number of hydrogen-bond donors (Lipinski definition) is 0. The largest absolute Gasteiger partial charge is 0.443 e. The predicted molar refractivity (Wildman–Crippen MR) is 113 cm³/mol. The van der Waals surface area contributed by atoms with Crippen molar-refractivity contribution in [3.8, 4) is 21.9 Å². The second-order valence-corrected chi connectivity index (χ2v) is 8.53.